The highest BCUT2D eigenvalue weighted by Crippen LogP contribution is 2.24. The molecule has 9 nitrogen and oxygen atoms in total. The lowest BCUT2D eigenvalue weighted by molar-refractivity contribution is -0.138. The van der Waals surface area contributed by atoms with Crippen molar-refractivity contribution in [3.05, 3.63) is 34.2 Å². The average Bonchev–Trinajstić information content (AvgIpc) is 3.01. The predicted octanol–water partition coefficient (Wildman–Crippen LogP) is 0.856. The molecule has 2 amide bonds. The van der Waals surface area contributed by atoms with Crippen LogP contribution in [-0.4, -0.2) is 56.6 Å². The Kier molecular flexibility index (Phi) is 6.15. The van der Waals surface area contributed by atoms with Crippen molar-refractivity contribution in [1.29, 1.82) is 0 Å². The van der Waals surface area contributed by atoms with Gasteiger partial charge in [-0.25, -0.2) is 4.79 Å². The number of imide groups is 1. The number of rotatable bonds is 4. The van der Waals surface area contributed by atoms with E-state index in [9.17, 15) is 19.2 Å². The number of imidazole rings is 1. The quantitative estimate of drug-likeness (QED) is 0.541. The number of nitrogens with zero attached hydrogens (tertiary/aromatic N) is 3. The monoisotopic (exact) mass is 438 g/mol. The number of benzene rings is 1. The number of carboxylic acid groups (broad SMARTS) is 1. The van der Waals surface area contributed by atoms with Gasteiger partial charge in [0.1, 0.15) is 6.04 Å². The van der Waals surface area contributed by atoms with Crippen LogP contribution in [0.25, 0.3) is 11.0 Å². The number of aromatic nitrogens is 2. The van der Waals surface area contributed by atoms with Crippen LogP contribution in [0.5, 0.6) is 0 Å². The molecule has 2 N–H and O–H groups in total. The smallest absolute Gasteiger partial charge is 0.329 e. The number of hydrogen-bond acceptors (Lipinski definition) is 5. The largest absolute Gasteiger partial charge is 0.481 e. The van der Waals surface area contributed by atoms with Gasteiger partial charge in [-0.2, -0.15) is 0 Å². The van der Waals surface area contributed by atoms with E-state index in [0.29, 0.717) is 24.0 Å². The van der Waals surface area contributed by atoms with E-state index in [2.05, 4.69) is 22.1 Å². The van der Waals surface area contributed by atoms with Crippen molar-refractivity contribution in [1.82, 2.24) is 19.4 Å². The molecule has 0 bridgehead atoms. The molecule has 1 unspecified atom stereocenters. The van der Waals surface area contributed by atoms with E-state index in [1.165, 1.54) is 9.13 Å². The van der Waals surface area contributed by atoms with E-state index < -0.39 is 17.9 Å². The Hall–Kier alpha value is -3.38. The van der Waals surface area contributed by atoms with Crippen molar-refractivity contribution in [2.24, 2.45) is 13.0 Å². The summed E-state index contributed by atoms with van der Waals surface area (Å²) in [5, 5.41) is 11.1. The third kappa shape index (κ3) is 4.46. The molecular formula is C23H26N4O5. The Morgan fingerprint density at radius 2 is 1.91 bits per heavy atom. The Labute approximate surface area is 185 Å². The average molecular weight is 438 g/mol. The molecule has 2 aliphatic heterocycles. The second-order valence-electron chi connectivity index (χ2n) is 8.41. The van der Waals surface area contributed by atoms with Gasteiger partial charge >= 0.3 is 11.7 Å². The van der Waals surface area contributed by atoms with Crippen LogP contribution >= 0.6 is 0 Å². The summed E-state index contributed by atoms with van der Waals surface area (Å²) in [7, 11) is 1.66. The minimum absolute atomic E-state index is 0.160. The van der Waals surface area contributed by atoms with Crippen LogP contribution < -0.4 is 11.0 Å². The molecule has 4 rings (SSSR count). The number of aryl methyl sites for hydroxylation is 1. The normalized spacial score (nSPS) is 20.1. The van der Waals surface area contributed by atoms with Gasteiger partial charge in [-0.15, -0.1) is 0 Å². The van der Waals surface area contributed by atoms with Crippen LogP contribution in [0.1, 0.15) is 43.7 Å². The predicted molar refractivity (Wildman–Crippen MR) is 117 cm³/mol. The molecule has 0 radical (unpaired) electrons. The number of carbonyl (C=O) groups is 3. The van der Waals surface area contributed by atoms with Crippen LogP contribution in [0.15, 0.2) is 23.0 Å². The molecular weight excluding hydrogens is 412 g/mol. The van der Waals surface area contributed by atoms with Gasteiger partial charge in [0.05, 0.1) is 17.5 Å². The molecule has 2 fully saturated rings. The standard InChI is InChI=1S/C23H26N4O5/c1-25-19-14-16(3-2-15-8-11-26(12-9-15)13-10-21(29)30)4-5-17(19)27(23(25)32)18-6-7-20(28)24-22(18)31/h4-5,14-15,18H,6-13H2,1H3,(H,29,30)(H,24,28,31). The van der Waals surface area contributed by atoms with E-state index in [0.717, 1.165) is 31.5 Å². The topological polar surface area (TPSA) is 114 Å². The maximum Gasteiger partial charge on any atom is 0.329 e. The highest BCUT2D eigenvalue weighted by molar-refractivity contribution is 6.00. The third-order valence-electron chi connectivity index (χ3n) is 6.26. The fraction of sp³-hybridized carbons (Fsp3) is 0.478. The van der Waals surface area contributed by atoms with Gasteiger partial charge in [0, 0.05) is 31.5 Å². The summed E-state index contributed by atoms with van der Waals surface area (Å²) >= 11 is 0. The second-order valence-corrected chi connectivity index (χ2v) is 8.41. The molecule has 0 saturated carbocycles. The van der Waals surface area contributed by atoms with E-state index in [-0.39, 0.29) is 30.4 Å². The van der Waals surface area contributed by atoms with Crippen LogP contribution in [-0.2, 0) is 21.4 Å². The van der Waals surface area contributed by atoms with Crippen LogP contribution in [0.3, 0.4) is 0 Å². The van der Waals surface area contributed by atoms with Crippen molar-refractivity contribution < 1.29 is 19.5 Å². The molecule has 32 heavy (non-hydrogen) atoms. The SMILES string of the molecule is Cn1c(=O)n(C2CCC(=O)NC2=O)c2ccc(C#CC3CCN(CCC(=O)O)CC3)cc21. The maximum absolute atomic E-state index is 12.8. The van der Waals surface area contributed by atoms with Gasteiger partial charge in [-0.05, 0) is 50.6 Å². The van der Waals surface area contributed by atoms with E-state index in [4.69, 9.17) is 5.11 Å². The van der Waals surface area contributed by atoms with Crippen molar-refractivity contribution in [3.8, 4) is 11.8 Å². The molecule has 3 heterocycles. The highest BCUT2D eigenvalue weighted by atomic mass is 16.4. The van der Waals surface area contributed by atoms with Gasteiger partial charge in [-0.3, -0.25) is 28.8 Å². The number of amides is 2. The molecule has 2 aliphatic rings. The van der Waals surface area contributed by atoms with E-state index >= 15 is 0 Å². The Balaban J connectivity index is 1.51. The molecule has 1 aromatic carbocycles. The maximum atomic E-state index is 12.8. The van der Waals surface area contributed by atoms with Crippen LogP contribution in [0, 0.1) is 17.8 Å². The molecule has 1 atom stereocenters. The van der Waals surface area contributed by atoms with E-state index in [1.807, 2.05) is 12.1 Å². The molecule has 1 aromatic heterocycles. The summed E-state index contributed by atoms with van der Waals surface area (Å²) < 4.78 is 2.96. The molecule has 168 valence electrons. The summed E-state index contributed by atoms with van der Waals surface area (Å²) in [5.74, 6) is 5.24. The molecule has 2 saturated heterocycles. The van der Waals surface area contributed by atoms with Crippen molar-refractivity contribution in [2.45, 2.75) is 38.1 Å². The minimum Gasteiger partial charge on any atom is -0.481 e. The van der Waals surface area contributed by atoms with Crippen molar-refractivity contribution >= 4 is 28.8 Å². The summed E-state index contributed by atoms with van der Waals surface area (Å²) in [4.78, 5) is 49.5. The fourth-order valence-corrected chi connectivity index (χ4v) is 4.41. The molecule has 0 spiro atoms. The number of fused-ring (bicyclic) bond motifs is 1. The first-order valence-electron chi connectivity index (χ1n) is 10.8. The van der Waals surface area contributed by atoms with Gasteiger partial charge < -0.3 is 10.0 Å². The number of aliphatic carboxylic acids is 1. The molecule has 9 heteroatoms. The summed E-state index contributed by atoms with van der Waals surface area (Å²) in [6.45, 7) is 2.26. The number of piperidine rings is 2. The Bertz CT molecular complexity index is 1190. The lowest BCUT2D eigenvalue weighted by Crippen LogP contribution is -2.44. The fourth-order valence-electron chi connectivity index (χ4n) is 4.41. The van der Waals surface area contributed by atoms with Gasteiger partial charge in [-0.1, -0.05) is 11.8 Å². The van der Waals surface area contributed by atoms with E-state index in [1.54, 1.807) is 13.1 Å². The number of hydrogen-bond donors (Lipinski definition) is 2. The zero-order chi connectivity index (χ0) is 22.8. The van der Waals surface area contributed by atoms with Gasteiger partial charge in [0.15, 0.2) is 0 Å². The molecule has 0 aliphatic carbocycles. The summed E-state index contributed by atoms with van der Waals surface area (Å²) in [5.41, 5.74) is 1.83. The van der Waals surface area contributed by atoms with Crippen molar-refractivity contribution in [3.63, 3.8) is 0 Å². The van der Waals surface area contributed by atoms with Gasteiger partial charge in [0.25, 0.3) is 0 Å². The first-order valence-corrected chi connectivity index (χ1v) is 10.8. The number of nitrogens with one attached hydrogen (secondary N) is 1. The first kappa shape index (κ1) is 21.8. The first-order chi connectivity index (χ1) is 15.3. The number of likely N-dealkylation sites (tertiary alicyclic amines) is 1. The van der Waals surface area contributed by atoms with Crippen LogP contribution in [0.4, 0.5) is 0 Å². The summed E-state index contributed by atoms with van der Waals surface area (Å²) in [6.07, 6.45) is 2.47. The number of carboxylic acids is 1. The highest BCUT2D eigenvalue weighted by Gasteiger charge is 2.31. The lowest BCUT2D eigenvalue weighted by Gasteiger charge is -2.29. The van der Waals surface area contributed by atoms with Crippen LogP contribution in [0.2, 0.25) is 0 Å². The van der Waals surface area contributed by atoms with Gasteiger partial charge in [0.2, 0.25) is 11.8 Å². The minimum atomic E-state index is -0.775. The molecule has 2 aromatic rings. The van der Waals surface area contributed by atoms with Crippen molar-refractivity contribution in [2.75, 3.05) is 19.6 Å². The third-order valence-corrected chi connectivity index (χ3v) is 6.26. The second kappa shape index (κ2) is 9.01. The Morgan fingerprint density at radius 1 is 1.16 bits per heavy atom. The summed E-state index contributed by atoms with van der Waals surface area (Å²) in [6, 6.07) is 4.80. The number of carbonyl (C=O) groups excluding carboxylic acids is 2. The lowest BCUT2D eigenvalue weighted by atomic mass is 9.97. The zero-order valence-electron chi connectivity index (χ0n) is 18.0. The Morgan fingerprint density at radius 3 is 2.59 bits per heavy atom. The zero-order valence-corrected chi connectivity index (χ0v) is 18.0.